The van der Waals surface area contributed by atoms with Crippen molar-refractivity contribution in [1.29, 1.82) is 0 Å². The van der Waals surface area contributed by atoms with Crippen LogP contribution in [-0.4, -0.2) is 10.9 Å². The van der Waals surface area contributed by atoms with Crippen LogP contribution in [0.2, 0.25) is 0 Å². The molecule has 102 valence electrons. The second-order valence-electron chi connectivity index (χ2n) is 4.50. The quantitative estimate of drug-likeness (QED) is 0.750. The summed E-state index contributed by atoms with van der Waals surface area (Å²) in [5.41, 5.74) is 2.53. The fourth-order valence-corrected chi connectivity index (χ4v) is 2.17. The lowest BCUT2D eigenvalue weighted by Gasteiger charge is -2.05. The zero-order valence-corrected chi connectivity index (χ0v) is 10.9. The molecule has 0 aliphatic carbocycles. The summed E-state index contributed by atoms with van der Waals surface area (Å²) < 4.78 is 10.2. The molecule has 0 radical (unpaired) electrons. The lowest BCUT2D eigenvalue weighted by molar-refractivity contribution is 0.102. The molecule has 3 aromatic rings. The molecule has 0 bridgehead atoms. The minimum absolute atomic E-state index is 0.301. The number of carbonyl (C=O) groups is 1. The third kappa shape index (κ3) is 1.91. The maximum Gasteiger partial charge on any atom is 0.417 e. The summed E-state index contributed by atoms with van der Waals surface area (Å²) in [6.45, 7) is 3.52. The average Bonchev–Trinajstić information content (AvgIpc) is 2.92. The van der Waals surface area contributed by atoms with Crippen LogP contribution < -0.4 is 11.1 Å². The lowest BCUT2D eigenvalue weighted by atomic mass is 10.1. The van der Waals surface area contributed by atoms with Crippen molar-refractivity contribution < 1.29 is 13.6 Å². The highest BCUT2D eigenvalue weighted by Gasteiger charge is 2.17. The van der Waals surface area contributed by atoms with E-state index in [2.05, 4.69) is 10.3 Å². The van der Waals surface area contributed by atoms with Gasteiger partial charge >= 0.3 is 5.76 Å². The Morgan fingerprint density at radius 2 is 2.10 bits per heavy atom. The minimum atomic E-state index is -0.558. The summed E-state index contributed by atoms with van der Waals surface area (Å²) in [5, 5.41) is 2.73. The van der Waals surface area contributed by atoms with E-state index in [1.165, 1.54) is 6.26 Å². The molecular formula is C14H12N2O4. The van der Waals surface area contributed by atoms with Crippen LogP contribution in [0.5, 0.6) is 0 Å². The molecule has 1 amide bonds. The molecule has 20 heavy (non-hydrogen) atoms. The van der Waals surface area contributed by atoms with Gasteiger partial charge in [-0.1, -0.05) is 6.07 Å². The molecule has 0 spiro atoms. The maximum absolute atomic E-state index is 12.3. The number of H-pyrrole nitrogens is 1. The molecule has 0 atom stereocenters. The van der Waals surface area contributed by atoms with Crippen LogP contribution in [0, 0.1) is 13.8 Å². The summed E-state index contributed by atoms with van der Waals surface area (Å²) in [7, 11) is 0. The first kappa shape index (κ1) is 12.3. The molecule has 2 aromatic heterocycles. The molecule has 2 N–H and O–H groups in total. The van der Waals surface area contributed by atoms with Gasteiger partial charge in [0, 0.05) is 5.56 Å². The number of furan rings is 1. The van der Waals surface area contributed by atoms with E-state index in [0.29, 0.717) is 28.1 Å². The van der Waals surface area contributed by atoms with Crippen LogP contribution in [0.15, 0.2) is 38.1 Å². The zero-order valence-electron chi connectivity index (χ0n) is 10.9. The van der Waals surface area contributed by atoms with Gasteiger partial charge in [0.1, 0.15) is 5.76 Å². The molecule has 3 rings (SSSR count). The number of benzene rings is 1. The number of aromatic nitrogens is 1. The topological polar surface area (TPSA) is 88.2 Å². The summed E-state index contributed by atoms with van der Waals surface area (Å²) in [6.07, 6.45) is 1.53. The largest absolute Gasteiger partial charge is 0.469 e. The number of anilines is 1. The first-order valence-electron chi connectivity index (χ1n) is 6.04. The molecule has 6 nitrogen and oxygen atoms in total. The smallest absolute Gasteiger partial charge is 0.417 e. The summed E-state index contributed by atoms with van der Waals surface area (Å²) >= 11 is 0. The number of carbonyl (C=O) groups excluding carboxylic acids is 1. The van der Waals surface area contributed by atoms with Crippen molar-refractivity contribution in [2.75, 3.05) is 5.32 Å². The van der Waals surface area contributed by atoms with Crippen molar-refractivity contribution in [3.05, 3.63) is 51.9 Å². The van der Waals surface area contributed by atoms with Crippen molar-refractivity contribution >= 4 is 22.7 Å². The van der Waals surface area contributed by atoms with E-state index in [9.17, 15) is 9.59 Å². The number of hydrogen-bond acceptors (Lipinski definition) is 4. The van der Waals surface area contributed by atoms with E-state index in [1.807, 2.05) is 0 Å². The van der Waals surface area contributed by atoms with Gasteiger partial charge in [-0.15, -0.1) is 0 Å². The van der Waals surface area contributed by atoms with Crippen LogP contribution in [0.25, 0.3) is 11.1 Å². The molecule has 0 saturated carbocycles. The molecule has 0 saturated heterocycles. The Balaban J connectivity index is 2.01. The van der Waals surface area contributed by atoms with Crippen molar-refractivity contribution in [2.45, 2.75) is 13.8 Å². The third-order valence-electron chi connectivity index (χ3n) is 3.08. The molecule has 0 fully saturated rings. The van der Waals surface area contributed by atoms with Gasteiger partial charge in [-0.05, 0) is 26.0 Å². The van der Waals surface area contributed by atoms with Gasteiger partial charge in [-0.25, -0.2) is 4.79 Å². The Kier molecular flexibility index (Phi) is 2.71. The van der Waals surface area contributed by atoms with E-state index >= 15 is 0 Å². The summed E-state index contributed by atoms with van der Waals surface area (Å²) in [6, 6.07) is 5.09. The number of fused-ring (bicyclic) bond motifs is 1. The predicted molar refractivity (Wildman–Crippen MR) is 73.0 cm³/mol. The predicted octanol–water partition coefficient (Wildman–Crippen LogP) is 2.58. The van der Waals surface area contributed by atoms with Crippen LogP contribution in [0.1, 0.15) is 21.7 Å². The number of aryl methyl sites for hydroxylation is 2. The van der Waals surface area contributed by atoms with Crippen LogP contribution in [-0.2, 0) is 0 Å². The Morgan fingerprint density at radius 3 is 2.80 bits per heavy atom. The number of oxazole rings is 1. The number of para-hydroxylation sites is 1. The van der Waals surface area contributed by atoms with Crippen LogP contribution >= 0.6 is 0 Å². The van der Waals surface area contributed by atoms with Crippen molar-refractivity contribution in [3.8, 4) is 0 Å². The van der Waals surface area contributed by atoms with Gasteiger partial charge in [-0.3, -0.25) is 9.78 Å². The summed E-state index contributed by atoms with van der Waals surface area (Å²) in [4.78, 5) is 26.0. The number of hydrogen-bond donors (Lipinski definition) is 2. The molecule has 1 aromatic carbocycles. The van der Waals surface area contributed by atoms with E-state index in [1.54, 1.807) is 32.0 Å². The highest BCUT2D eigenvalue weighted by atomic mass is 16.4. The SMILES string of the molecule is Cc1coc(C)c1C(=O)Nc1cccc2[nH]c(=O)oc12. The highest BCUT2D eigenvalue weighted by molar-refractivity contribution is 6.08. The van der Waals surface area contributed by atoms with Gasteiger partial charge in [-0.2, -0.15) is 0 Å². The van der Waals surface area contributed by atoms with E-state index in [4.69, 9.17) is 8.83 Å². The molecule has 0 unspecified atom stereocenters. The van der Waals surface area contributed by atoms with Gasteiger partial charge in [0.25, 0.3) is 5.91 Å². The van der Waals surface area contributed by atoms with E-state index in [-0.39, 0.29) is 5.91 Å². The average molecular weight is 272 g/mol. The Hall–Kier alpha value is -2.76. The normalized spacial score (nSPS) is 10.9. The second-order valence-corrected chi connectivity index (χ2v) is 4.50. The summed E-state index contributed by atoms with van der Waals surface area (Å²) in [5.74, 6) is -0.315. The third-order valence-corrected chi connectivity index (χ3v) is 3.08. The fourth-order valence-electron chi connectivity index (χ4n) is 2.17. The molecular weight excluding hydrogens is 260 g/mol. The van der Waals surface area contributed by atoms with Crippen molar-refractivity contribution in [3.63, 3.8) is 0 Å². The van der Waals surface area contributed by atoms with E-state index < -0.39 is 5.76 Å². The Morgan fingerprint density at radius 1 is 1.30 bits per heavy atom. The van der Waals surface area contributed by atoms with E-state index in [0.717, 1.165) is 5.56 Å². The first-order valence-corrected chi connectivity index (χ1v) is 6.04. The number of amides is 1. The molecule has 0 aliphatic heterocycles. The molecule has 6 heteroatoms. The monoisotopic (exact) mass is 272 g/mol. The minimum Gasteiger partial charge on any atom is -0.469 e. The number of aromatic amines is 1. The number of nitrogens with one attached hydrogen (secondary N) is 2. The Bertz CT molecular complexity index is 834. The zero-order chi connectivity index (χ0) is 14.3. The molecule has 2 heterocycles. The van der Waals surface area contributed by atoms with Crippen LogP contribution in [0.3, 0.4) is 0 Å². The van der Waals surface area contributed by atoms with Gasteiger partial charge in [0.2, 0.25) is 0 Å². The van der Waals surface area contributed by atoms with Gasteiger partial charge in [0.05, 0.1) is 23.0 Å². The second kappa shape index (κ2) is 4.41. The van der Waals surface area contributed by atoms with Crippen molar-refractivity contribution in [2.24, 2.45) is 0 Å². The number of rotatable bonds is 2. The van der Waals surface area contributed by atoms with Crippen LogP contribution in [0.4, 0.5) is 5.69 Å². The van der Waals surface area contributed by atoms with Gasteiger partial charge < -0.3 is 14.2 Å². The first-order chi connectivity index (χ1) is 9.56. The maximum atomic E-state index is 12.3. The fraction of sp³-hybridized carbons (Fsp3) is 0.143. The Labute approximate surface area is 113 Å². The molecule has 0 aliphatic rings. The lowest BCUT2D eigenvalue weighted by Crippen LogP contribution is -2.13. The van der Waals surface area contributed by atoms with Gasteiger partial charge in [0.15, 0.2) is 5.58 Å². The standard InChI is InChI=1S/C14H12N2O4/c1-7-6-19-8(2)11(7)13(17)15-9-4-3-5-10-12(9)20-14(18)16-10/h3-6H,1-2H3,(H,15,17)(H,16,18). The van der Waals surface area contributed by atoms with Crippen molar-refractivity contribution in [1.82, 2.24) is 4.98 Å². The highest BCUT2D eigenvalue weighted by Crippen LogP contribution is 2.23.